The minimum atomic E-state index is -0.437. The van der Waals surface area contributed by atoms with E-state index in [-0.39, 0.29) is 34.5 Å². The number of fused-ring (bicyclic) bond motifs is 3. The Morgan fingerprint density at radius 2 is 1.97 bits per heavy atom. The standard InChI is InChI=1S/C24H17NO6/c1-29-18-7-3-2-6-14(18)16-12-30-24-21-15(13-5-4-8-25-11-13)9-20(27)31-19(21)10-17(26)22(24)23(16)28/h2-8,10-12,15,26H,9H2,1H3/t15-/m0/s1. The molecule has 7 heteroatoms. The molecular formula is C24H17NO6. The van der Waals surface area contributed by atoms with Gasteiger partial charge in [-0.25, -0.2) is 0 Å². The van der Waals surface area contributed by atoms with Crippen LogP contribution in [0.3, 0.4) is 0 Å². The number of carbonyl (C=O) groups is 1. The number of phenolic OH excluding ortho intramolecular Hbond substituents is 1. The molecule has 2 aromatic heterocycles. The van der Waals surface area contributed by atoms with Gasteiger partial charge in [-0.2, -0.15) is 0 Å². The molecule has 154 valence electrons. The van der Waals surface area contributed by atoms with Crippen LogP contribution < -0.4 is 14.9 Å². The highest BCUT2D eigenvalue weighted by molar-refractivity contribution is 5.94. The molecule has 0 radical (unpaired) electrons. The van der Waals surface area contributed by atoms with Gasteiger partial charge in [-0.15, -0.1) is 0 Å². The summed E-state index contributed by atoms with van der Waals surface area (Å²) in [7, 11) is 1.52. The number of methoxy groups -OCH3 is 1. The van der Waals surface area contributed by atoms with Gasteiger partial charge in [-0.3, -0.25) is 14.6 Å². The zero-order valence-corrected chi connectivity index (χ0v) is 16.5. The van der Waals surface area contributed by atoms with E-state index in [0.717, 1.165) is 5.56 Å². The van der Waals surface area contributed by atoms with Crippen molar-refractivity contribution in [2.24, 2.45) is 0 Å². The highest BCUT2D eigenvalue weighted by Crippen LogP contribution is 2.45. The highest BCUT2D eigenvalue weighted by Gasteiger charge is 2.33. The van der Waals surface area contributed by atoms with Crippen LogP contribution >= 0.6 is 0 Å². The van der Waals surface area contributed by atoms with Crippen molar-refractivity contribution < 1.29 is 23.8 Å². The molecule has 0 saturated carbocycles. The first kappa shape index (κ1) is 18.9. The van der Waals surface area contributed by atoms with Crippen molar-refractivity contribution in [1.29, 1.82) is 0 Å². The SMILES string of the molecule is COc1ccccc1-c1coc2c3c(cc(O)c2c1=O)OC(=O)C[C@H]3c1cccnc1. The van der Waals surface area contributed by atoms with Gasteiger partial charge in [-0.1, -0.05) is 24.3 Å². The van der Waals surface area contributed by atoms with Gasteiger partial charge in [0, 0.05) is 35.5 Å². The molecule has 0 saturated heterocycles. The fraction of sp³-hybridized carbons (Fsp3) is 0.125. The van der Waals surface area contributed by atoms with E-state index in [4.69, 9.17) is 13.9 Å². The van der Waals surface area contributed by atoms with Crippen LogP contribution in [0.2, 0.25) is 0 Å². The number of esters is 1. The van der Waals surface area contributed by atoms with Gasteiger partial charge in [0.2, 0.25) is 5.43 Å². The number of rotatable bonds is 3. The number of aromatic hydroxyl groups is 1. The molecule has 5 rings (SSSR count). The van der Waals surface area contributed by atoms with Crippen molar-refractivity contribution in [2.45, 2.75) is 12.3 Å². The predicted octanol–water partition coefficient (Wildman–Crippen LogP) is 4.01. The molecule has 1 aliphatic rings. The van der Waals surface area contributed by atoms with Gasteiger partial charge >= 0.3 is 5.97 Å². The number of phenols is 1. The summed E-state index contributed by atoms with van der Waals surface area (Å²) < 4.78 is 16.6. The summed E-state index contributed by atoms with van der Waals surface area (Å²) in [6, 6.07) is 12.0. The summed E-state index contributed by atoms with van der Waals surface area (Å²) in [5.41, 5.74) is 1.89. The molecule has 0 amide bonds. The third-order valence-electron chi connectivity index (χ3n) is 5.45. The van der Waals surface area contributed by atoms with Gasteiger partial charge in [0.25, 0.3) is 0 Å². The maximum Gasteiger partial charge on any atom is 0.312 e. The molecule has 1 N–H and O–H groups in total. The molecule has 0 fully saturated rings. The number of aromatic nitrogens is 1. The molecular weight excluding hydrogens is 398 g/mol. The maximum absolute atomic E-state index is 13.4. The number of ether oxygens (including phenoxy) is 2. The molecule has 7 nitrogen and oxygen atoms in total. The van der Waals surface area contributed by atoms with Crippen LogP contribution in [0.4, 0.5) is 0 Å². The molecule has 0 spiro atoms. The Labute approximate surface area is 176 Å². The third-order valence-corrected chi connectivity index (χ3v) is 5.45. The summed E-state index contributed by atoms with van der Waals surface area (Å²) in [5, 5.41) is 10.7. The number of para-hydroxylation sites is 1. The number of pyridine rings is 1. The summed E-state index contributed by atoms with van der Waals surface area (Å²) in [5.74, 6) is -0.502. The smallest absolute Gasteiger partial charge is 0.312 e. The Kier molecular flexibility index (Phi) is 4.43. The minimum Gasteiger partial charge on any atom is -0.507 e. The van der Waals surface area contributed by atoms with Crippen molar-refractivity contribution in [1.82, 2.24) is 4.98 Å². The summed E-state index contributed by atoms with van der Waals surface area (Å²) >= 11 is 0. The topological polar surface area (TPSA) is 98.9 Å². The predicted molar refractivity (Wildman–Crippen MR) is 112 cm³/mol. The van der Waals surface area contributed by atoms with E-state index in [1.54, 1.807) is 42.7 Å². The van der Waals surface area contributed by atoms with Gasteiger partial charge in [0.1, 0.15) is 34.5 Å². The summed E-state index contributed by atoms with van der Waals surface area (Å²) in [6.07, 6.45) is 4.71. The Morgan fingerprint density at radius 1 is 1.13 bits per heavy atom. The third kappa shape index (κ3) is 3.02. The molecule has 4 aromatic rings. The molecule has 1 atom stereocenters. The molecule has 0 aliphatic carbocycles. The second kappa shape index (κ2) is 7.28. The number of nitrogens with zero attached hydrogens (tertiary/aromatic N) is 1. The van der Waals surface area contributed by atoms with Gasteiger partial charge in [0.15, 0.2) is 0 Å². The molecule has 31 heavy (non-hydrogen) atoms. The van der Waals surface area contributed by atoms with Crippen molar-refractivity contribution in [3.63, 3.8) is 0 Å². The van der Waals surface area contributed by atoms with E-state index < -0.39 is 17.3 Å². The zero-order valence-electron chi connectivity index (χ0n) is 16.5. The van der Waals surface area contributed by atoms with Crippen molar-refractivity contribution in [2.75, 3.05) is 7.11 Å². The number of hydrogen-bond donors (Lipinski definition) is 1. The molecule has 3 heterocycles. The van der Waals surface area contributed by atoms with Crippen LogP contribution in [0, 0.1) is 0 Å². The lowest BCUT2D eigenvalue weighted by Gasteiger charge is -2.25. The van der Waals surface area contributed by atoms with E-state index in [2.05, 4.69) is 4.98 Å². The average Bonchev–Trinajstić information content (AvgIpc) is 2.79. The molecule has 1 aliphatic heterocycles. The molecule has 2 aromatic carbocycles. The fourth-order valence-corrected chi connectivity index (χ4v) is 4.05. The lowest BCUT2D eigenvalue weighted by Crippen LogP contribution is -2.22. The van der Waals surface area contributed by atoms with E-state index in [9.17, 15) is 14.7 Å². The first-order valence-corrected chi connectivity index (χ1v) is 9.64. The van der Waals surface area contributed by atoms with Crippen molar-refractivity contribution in [3.05, 3.63) is 82.5 Å². The largest absolute Gasteiger partial charge is 0.507 e. The quantitative estimate of drug-likeness (QED) is 0.399. The van der Waals surface area contributed by atoms with Crippen molar-refractivity contribution >= 4 is 16.9 Å². The maximum atomic E-state index is 13.4. The fourth-order valence-electron chi connectivity index (χ4n) is 4.05. The van der Waals surface area contributed by atoms with Crippen LogP contribution in [0.1, 0.15) is 23.5 Å². The first-order valence-electron chi connectivity index (χ1n) is 9.64. The zero-order chi connectivity index (χ0) is 21.5. The lowest BCUT2D eigenvalue weighted by atomic mass is 9.85. The van der Waals surface area contributed by atoms with Crippen LogP contribution in [-0.4, -0.2) is 23.2 Å². The minimum absolute atomic E-state index is 0.0222. The van der Waals surface area contributed by atoms with Gasteiger partial charge in [0.05, 0.1) is 19.1 Å². The Bertz CT molecular complexity index is 1380. The van der Waals surface area contributed by atoms with Crippen molar-refractivity contribution in [3.8, 4) is 28.4 Å². The molecule has 0 unspecified atom stereocenters. The second-order valence-electron chi connectivity index (χ2n) is 7.21. The average molecular weight is 415 g/mol. The van der Waals surface area contributed by atoms with Gasteiger partial charge < -0.3 is 19.0 Å². The summed E-state index contributed by atoms with van der Waals surface area (Å²) in [4.78, 5) is 29.8. The highest BCUT2D eigenvalue weighted by atomic mass is 16.5. The first-order chi connectivity index (χ1) is 15.1. The van der Waals surface area contributed by atoms with E-state index in [1.165, 1.54) is 19.4 Å². The van der Waals surface area contributed by atoms with Crippen LogP contribution in [0.15, 0.2) is 70.3 Å². The Hall–Kier alpha value is -4.13. The van der Waals surface area contributed by atoms with Crippen LogP contribution in [0.5, 0.6) is 17.2 Å². The van der Waals surface area contributed by atoms with Crippen LogP contribution in [0.25, 0.3) is 22.1 Å². The molecule has 0 bridgehead atoms. The second-order valence-corrected chi connectivity index (χ2v) is 7.21. The number of benzene rings is 2. The Morgan fingerprint density at radius 3 is 2.74 bits per heavy atom. The van der Waals surface area contributed by atoms with E-state index in [0.29, 0.717) is 16.9 Å². The normalized spacial score (nSPS) is 15.4. The monoisotopic (exact) mass is 415 g/mol. The number of carbonyl (C=O) groups excluding carboxylic acids is 1. The Balaban J connectivity index is 1.80. The van der Waals surface area contributed by atoms with Crippen LogP contribution in [-0.2, 0) is 4.79 Å². The van der Waals surface area contributed by atoms with Gasteiger partial charge in [-0.05, 0) is 17.7 Å². The lowest BCUT2D eigenvalue weighted by molar-refractivity contribution is -0.135. The van der Waals surface area contributed by atoms with E-state index in [1.807, 2.05) is 6.07 Å². The van der Waals surface area contributed by atoms with E-state index >= 15 is 0 Å². The number of hydrogen-bond acceptors (Lipinski definition) is 7. The summed E-state index contributed by atoms with van der Waals surface area (Å²) in [6.45, 7) is 0.